The highest BCUT2D eigenvalue weighted by atomic mass is 19.4. The van der Waals surface area contributed by atoms with Crippen LogP contribution in [0, 0.1) is 0 Å². The number of carbonyl (C=O) groups excluding carboxylic acids is 4. The van der Waals surface area contributed by atoms with Crippen LogP contribution in [0.25, 0.3) is 0 Å². The monoisotopic (exact) mass is 400 g/mol. The fourth-order valence-electron chi connectivity index (χ4n) is 1.52. The van der Waals surface area contributed by atoms with Gasteiger partial charge in [0.25, 0.3) is 12.0 Å². The second-order valence-electron chi connectivity index (χ2n) is 6.25. The summed E-state index contributed by atoms with van der Waals surface area (Å²) < 4.78 is 52.4. The largest absolute Gasteiger partial charge is 0.464 e. The van der Waals surface area contributed by atoms with E-state index in [9.17, 15) is 32.3 Å². The molecule has 2 N–H and O–H groups in total. The molecule has 27 heavy (non-hydrogen) atoms. The van der Waals surface area contributed by atoms with Gasteiger partial charge in [-0.2, -0.15) is 13.2 Å². The number of rotatable bonds is 7. The number of esters is 2. The molecule has 0 saturated carbocycles. The van der Waals surface area contributed by atoms with Crippen molar-refractivity contribution in [2.24, 2.45) is 0 Å². The highest BCUT2D eigenvalue weighted by Crippen LogP contribution is 2.23. The summed E-state index contributed by atoms with van der Waals surface area (Å²) in [5.74, 6) is -4.24. The molecule has 2 unspecified atom stereocenters. The number of alkyl carbamates (subject to hydrolysis) is 1. The van der Waals surface area contributed by atoms with Crippen LogP contribution in [-0.4, -0.2) is 61.0 Å². The number of amides is 2. The van der Waals surface area contributed by atoms with Gasteiger partial charge in [-0.25, -0.2) is 9.59 Å². The predicted octanol–water partition coefficient (Wildman–Crippen LogP) is 1.05. The minimum absolute atomic E-state index is 0.0347. The topological polar surface area (TPSA) is 120 Å². The molecule has 0 radical (unpaired) electrons. The first-order valence-corrected chi connectivity index (χ1v) is 7.87. The molecule has 0 rings (SSSR count). The molecule has 0 aromatic heterocycles. The number of hydrogen-bond donors (Lipinski definition) is 2. The average Bonchev–Trinajstić information content (AvgIpc) is 2.47. The van der Waals surface area contributed by atoms with Gasteiger partial charge in [0.2, 0.25) is 0 Å². The minimum Gasteiger partial charge on any atom is -0.464 e. The van der Waals surface area contributed by atoms with Crippen molar-refractivity contribution in [3.63, 3.8) is 0 Å². The van der Waals surface area contributed by atoms with Crippen molar-refractivity contribution in [3.8, 4) is 0 Å². The zero-order valence-electron chi connectivity index (χ0n) is 15.6. The Labute approximate surface area is 153 Å². The molecule has 0 aliphatic carbocycles. The van der Waals surface area contributed by atoms with E-state index in [4.69, 9.17) is 4.74 Å². The van der Waals surface area contributed by atoms with Crippen molar-refractivity contribution < 1.29 is 46.6 Å². The fourth-order valence-corrected chi connectivity index (χ4v) is 1.52. The van der Waals surface area contributed by atoms with E-state index in [2.05, 4.69) is 9.47 Å². The molecule has 0 saturated heterocycles. The summed E-state index contributed by atoms with van der Waals surface area (Å²) in [5, 5.41) is 3.65. The quantitative estimate of drug-likeness (QED) is 0.484. The summed E-state index contributed by atoms with van der Waals surface area (Å²) in [7, 11) is 0. The molecule has 0 fully saturated rings. The van der Waals surface area contributed by atoms with Gasteiger partial charge >= 0.3 is 24.2 Å². The number of nitrogens with one attached hydrogen (secondary N) is 2. The van der Waals surface area contributed by atoms with Crippen LogP contribution >= 0.6 is 0 Å². The van der Waals surface area contributed by atoms with E-state index in [0.29, 0.717) is 0 Å². The van der Waals surface area contributed by atoms with Gasteiger partial charge < -0.3 is 24.8 Å². The maximum absolute atomic E-state index is 13.0. The van der Waals surface area contributed by atoms with Crippen LogP contribution in [0.15, 0.2) is 0 Å². The Morgan fingerprint density at radius 1 is 1.07 bits per heavy atom. The number of hydrogen-bond acceptors (Lipinski definition) is 7. The van der Waals surface area contributed by atoms with Crippen molar-refractivity contribution in [2.45, 2.75) is 58.5 Å². The predicted molar refractivity (Wildman–Crippen MR) is 84.4 cm³/mol. The first-order chi connectivity index (χ1) is 12.2. The lowest BCUT2D eigenvalue weighted by atomic mass is 10.2. The Morgan fingerprint density at radius 2 is 1.63 bits per heavy atom. The molecular formula is C15H23F3N2O7. The number of carbonyl (C=O) groups is 4. The zero-order chi connectivity index (χ0) is 21.4. The van der Waals surface area contributed by atoms with Gasteiger partial charge in [0, 0.05) is 0 Å². The summed E-state index contributed by atoms with van der Waals surface area (Å²) in [6, 6.07) is -1.39. The Kier molecular flexibility index (Phi) is 9.04. The van der Waals surface area contributed by atoms with Crippen LogP contribution in [0.3, 0.4) is 0 Å². The van der Waals surface area contributed by atoms with Gasteiger partial charge in [-0.3, -0.25) is 9.59 Å². The summed E-state index contributed by atoms with van der Waals surface area (Å²) in [6.45, 7) is 6.22. The maximum Gasteiger partial charge on any atom is 0.434 e. The SMILES string of the molecule is CCOC(=O)C(C)NC(=O)C(OC(=O)CNC(=O)OC(C)(C)C)C(F)(F)F. The third-order valence-electron chi connectivity index (χ3n) is 2.56. The minimum atomic E-state index is -5.24. The van der Waals surface area contributed by atoms with Crippen LogP contribution in [0.2, 0.25) is 0 Å². The van der Waals surface area contributed by atoms with Gasteiger partial charge in [0.15, 0.2) is 0 Å². The standard InChI is InChI=1S/C15H23F3N2O7/c1-6-25-12(23)8(2)20-11(22)10(15(16,17)18)26-9(21)7-19-13(24)27-14(3,4)5/h8,10H,6-7H2,1-5H3,(H,19,24)(H,20,22). The van der Waals surface area contributed by atoms with Crippen molar-refractivity contribution in [1.82, 2.24) is 10.6 Å². The van der Waals surface area contributed by atoms with E-state index in [1.165, 1.54) is 6.92 Å². The van der Waals surface area contributed by atoms with Crippen molar-refractivity contribution in [3.05, 3.63) is 0 Å². The molecule has 0 spiro atoms. The van der Waals surface area contributed by atoms with E-state index in [0.717, 1.165) is 6.92 Å². The molecule has 0 aliphatic heterocycles. The highest BCUT2D eigenvalue weighted by Gasteiger charge is 2.48. The Morgan fingerprint density at radius 3 is 2.07 bits per heavy atom. The van der Waals surface area contributed by atoms with E-state index in [1.807, 2.05) is 5.32 Å². The smallest absolute Gasteiger partial charge is 0.434 e. The van der Waals surface area contributed by atoms with E-state index in [1.54, 1.807) is 26.1 Å². The Bertz CT molecular complexity index is 559. The van der Waals surface area contributed by atoms with Crippen LogP contribution in [0.5, 0.6) is 0 Å². The molecule has 0 heterocycles. The second-order valence-corrected chi connectivity index (χ2v) is 6.25. The number of ether oxygens (including phenoxy) is 3. The summed E-state index contributed by atoms with van der Waals surface area (Å²) >= 11 is 0. The molecule has 0 aromatic rings. The Balaban J connectivity index is 4.83. The van der Waals surface area contributed by atoms with Gasteiger partial charge in [0.1, 0.15) is 18.2 Å². The summed E-state index contributed by atoms with van der Waals surface area (Å²) in [5.41, 5.74) is -0.883. The molecule has 156 valence electrons. The molecule has 9 nitrogen and oxygen atoms in total. The zero-order valence-corrected chi connectivity index (χ0v) is 15.6. The third kappa shape index (κ3) is 10.3. The van der Waals surface area contributed by atoms with Crippen LogP contribution < -0.4 is 10.6 Å². The third-order valence-corrected chi connectivity index (χ3v) is 2.56. The lowest BCUT2D eigenvalue weighted by molar-refractivity contribution is -0.219. The normalized spacial score (nSPS) is 13.8. The lowest BCUT2D eigenvalue weighted by Crippen LogP contribution is -2.52. The van der Waals surface area contributed by atoms with E-state index in [-0.39, 0.29) is 6.61 Å². The summed E-state index contributed by atoms with van der Waals surface area (Å²) in [4.78, 5) is 46.0. The first kappa shape index (κ1) is 24.5. The number of alkyl halides is 3. The molecule has 2 atom stereocenters. The molecule has 0 bridgehead atoms. The van der Waals surface area contributed by atoms with Gasteiger partial charge in [0.05, 0.1) is 6.61 Å². The molecular weight excluding hydrogens is 377 g/mol. The number of halogens is 3. The Hall–Kier alpha value is -2.53. The van der Waals surface area contributed by atoms with E-state index >= 15 is 0 Å². The second kappa shape index (κ2) is 9.97. The fraction of sp³-hybridized carbons (Fsp3) is 0.733. The average molecular weight is 400 g/mol. The summed E-state index contributed by atoms with van der Waals surface area (Å²) in [6.07, 6.45) is -9.45. The van der Waals surface area contributed by atoms with E-state index < -0.39 is 54.4 Å². The van der Waals surface area contributed by atoms with Crippen LogP contribution in [-0.2, 0) is 28.6 Å². The van der Waals surface area contributed by atoms with Gasteiger partial charge in [-0.05, 0) is 34.6 Å². The molecule has 12 heteroatoms. The van der Waals surface area contributed by atoms with Crippen molar-refractivity contribution in [2.75, 3.05) is 13.2 Å². The molecule has 0 aromatic carbocycles. The molecule has 0 aliphatic rings. The van der Waals surface area contributed by atoms with Crippen molar-refractivity contribution in [1.29, 1.82) is 0 Å². The lowest BCUT2D eigenvalue weighted by Gasteiger charge is -2.22. The van der Waals surface area contributed by atoms with Gasteiger partial charge in [-0.1, -0.05) is 0 Å². The first-order valence-electron chi connectivity index (χ1n) is 7.87. The van der Waals surface area contributed by atoms with Crippen molar-refractivity contribution >= 4 is 23.9 Å². The highest BCUT2D eigenvalue weighted by molar-refractivity contribution is 5.89. The van der Waals surface area contributed by atoms with Crippen LogP contribution in [0.1, 0.15) is 34.6 Å². The van der Waals surface area contributed by atoms with Crippen LogP contribution in [0.4, 0.5) is 18.0 Å². The van der Waals surface area contributed by atoms with Gasteiger partial charge in [-0.15, -0.1) is 0 Å². The molecule has 2 amide bonds. The maximum atomic E-state index is 13.0.